The van der Waals surface area contributed by atoms with Crippen LogP contribution in [0.25, 0.3) is 10.4 Å². The number of amides is 2. The van der Waals surface area contributed by atoms with Crippen LogP contribution >= 0.6 is 11.3 Å². The van der Waals surface area contributed by atoms with Crippen LogP contribution in [0.4, 0.5) is 0 Å². The van der Waals surface area contributed by atoms with E-state index in [1.165, 1.54) is 0 Å². The number of carbonyl (C=O) groups is 2. The second-order valence-corrected chi connectivity index (χ2v) is 11.5. The molecule has 1 N–H and O–H groups in total. The SMILES string of the molecule is Cc1cncc(C(=O)NC[C@@H]2[C@H]3CC(C)C[C@H]3CN2C(=O)c2nc(C)sc2-c2cccc(C)c2)c1. The van der Waals surface area contributed by atoms with Gasteiger partial charge in [0, 0.05) is 25.5 Å². The van der Waals surface area contributed by atoms with Gasteiger partial charge < -0.3 is 10.2 Å². The van der Waals surface area contributed by atoms with Crippen LogP contribution in [0.5, 0.6) is 0 Å². The fourth-order valence-electron chi connectivity index (χ4n) is 5.91. The van der Waals surface area contributed by atoms with Crippen LogP contribution in [0.3, 0.4) is 0 Å². The van der Waals surface area contributed by atoms with Crippen LogP contribution in [0.1, 0.15) is 56.7 Å². The number of hydrogen-bond acceptors (Lipinski definition) is 5. The number of fused-ring (bicyclic) bond motifs is 1. The summed E-state index contributed by atoms with van der Waals surface area (Å²) in [5.74, 6) is 1.34. The van der Waals surface area contributed by atoms with Crippen LogP contribution in [0.15, 0.2) is 42.7 Å². The van der Waals surface area contributed by atoms with Gasteiger partial charge in [0.05, 0.1) is 21.5 Å². The molecule has 182 valence electrons. The van der Waals surface area contributed by atoms with E-state index in [2.05, 4.69) is 41.3 Å². The van der Waals surface area contributed by atoms with Crippen molar-refractivity contribution in [2.24, 2.45) is 17.8 Å². The van der Waals surface area contributed by atoms with Crippen molar-refractivity contribution in [1.82, 2.24) is 20.2 Å². The quantitative estimate of drug-likeness (QED) is 0.546. The molecule has 1 saturated heterocycles. The van der Waals surface area contributed by atoms with Gasteiger partial charge in [0.25, 0.3) is 11.8 Å². The van der Waals surface area contributed by atoms with Crippen molar-refractivity contribution in [1.29, 1.82) is 0 Å². The number of carbonyl (C=O) groups excluding carboxylic acids is 2. The van der Waals surface area contributed by atoms with Crippen molar-refractivity contribution >= 4 is 23.2 Å². The van der Waals surface area contributed by atoms with Crippen LogP contribution in [0.2, 0.25) is 0 Å². The Morgan fingerprint density at radius 3 is 2.71 bits per heavy atom. The van der Waals surface area contributed by atoms with Gasteiger partial charge >= 0.3 is 0 Å². The Labute approximate surface area is 210 Å². The van der Waals surface area contributed by atoms with E-state index in [1.54, 1.807) is 23.7 Å². The summed E-state index contributed by atoms with van der Waals surface area (Å²) in [6.07, 6.45) is 5.54. The zero-order valence-electron chi connectivity index (χ0n) is 20.7. The lowest BCUT2D eigenvalue weighted by atomic mass is 9.93. The maximum atomic E-state index is 14.0. The van der Waals surface area contributed by atoms with E-state index in [-0.39, 0.29) is 17.9 Å². The fraction of sp³-hybridized carbons (Fsp3) is 0.429. The van der Waals surface area contributed by atoms with Gasteiger partial charge in [-0.25, -0.2) is 4.98 Å². The first kappa shape index (κ1) is 23.7. The molecule has 2 aliphatic rings. The molecule has 2 fully saturated rings. The summed E-state index contributed by atoms with van der Waals surface area (Å²) in [5, 5.41) is 3.98. The van der Waals surface area contributed by atoms with Crippen molar-refractivity contribution in [3.05, 3.63) is 70.1 Å². The van der Waals surface area contributed by atoms with Gasteiger partial charge in [-0.15, -0.1) is 11.3 Å². The number of pyridine rings is 1. The summed E-state index contributed by atoms with van der Waals surface area (Å²) >= 11 is 1.57. The van der Waals surface area contributed by atoms with Gasteiger partial charge in [-0.05, 0) is 68.6 Å². The van der Waals surface area contributed by atoms with E-state index in [1.807, 2.05) is 36.9 Å². The number of nitrogens with one attached hydrogen (secondary N) is 1. The molecule has 1 aromatic carbocycles. The van der Waals surface area contributed by atoms with E-state index in [0.717, 1.165) is 46.0 Å². The number of thiazole rings is 1. The van der Waals surface area contributed by atoms with E-state index in [4.69, 9.17) is 0 Å². The first-order valence-corrected chi connectivity index (χ1v) is 13.2. The second-order valence-electron chi connectivity index (χ2n) is 10.3. The number of nitrogens with zero attached hydrogens (tertiary/aromatic N) is 3. The zero-order valence-corrected chi connectivity index (χ0v) is 21.6. The Morgan fingerprint density at radius 1 is 1.11 bits per heavy atom. The van der Waals surface area contributed by atoms with Gasteiger partial charge in [0.15, 0.2) is 0 Å². The summed E-state index contributed by atoms with van der Waals surface area (Å²) in [7, 11) is 0. The summed E-state index contributed by atoms with van der Waals surface area (Å²) in [6.45, 7) is 9.39. The van der Waals surface area contributed by atoms with Crippen molar-refractivity contribution in [2.45, 2.75) is 46.6 Å². The standard InChI is InChI=1S/C28H32N4O2S/c1-16-6-5-7-20(8-16)26-25(31-19(4)35-26)28(34)32-15-22-9-17(2)11-23(22)24(32)14-30-27(33)21-10-18(3)12-29-13-21/h5-8,10,12-13,17,22-24H,9,11,14-15H2,1-4H3,(H,30,33)/t17?,22-,23-,24+/m0/s1. The number of rotatable bonds is 5. The summed E-state index contributed by atoms with van der Waals surface area (Å²) in [6, 6.07) is 10.0. The highest BCUT2D eigenvalue weighted by atomic mass is 32.1. The van der Waals surface area contributed by atoms with Crippen molar-refractivity contribution in [3.63, 3.8) is 0 Å². The van der Waals surface area contributed by atoms with Crippen LogP contribution in [-0.4, -0.2) is 45.8 Å². The molecule has 5 rings (SSSR count). The van der Waals surface area contributed by atoms with Crippen LogP contribution in [0, 0.1) is 38.5 Å². The van der Waals surface area contributed by atoms with E-state index in [0.29, 0.717) is 35.6 Å². The fourth-order valence-corrected chi connectivity index (χ4v) is 6.82. The second kappa shape index (κ2) is 9.53. The average Bonchev–Trinajstić information content (AvgIpc) is 3.49. The summed E-state index contributed by atoms with van der Waals surface area (Å²) < 4.78 is 0. The molecule has 3 aromatic rings. The Hall–Kier alpha value is -3.06. The highest BCUT2D eigenvalue weighted by Crippen LogP contribution is 2.45. The predicted molar refractivity (Wildman–Crippen MR) is 139 cm³/mol. The number of aromatic nitrogens is 2. The minimum atomic E-state index is -0.145. The number of likely N-dealkylation sites (tertiary alicyclic amines) is 1. The summed E-state index contributed by atoms with van der Waals surface area (Å²) in [5.41, 5.74) is 4.22. The molecule has 7 heteroatoms. The first-order valence-electron chi connectivity index (χ1n) is 12.4. The Kier molecular flexibility index (Phi) is 6.45. The number of aryl methyl sites for hydroxylation is 3. The van der Waals surface area contributed by atoms with Crippen LogP contribution in [-0.2, 0) is 0 Å². The van der Waals surface area contributed by atoms with Crippen molar-refractivity contribution in [2.75, 3.05) is 13.1 Å². The maximum absolute atomic E-state index is 14.0. The minimum Gasteiger partial charge on any atom is -0.350 e. The Morgan fingerprint density at radius 2 is 1.94 bits per heavy atom. The monoisotopic (exact) mass is 488 g/mol. The lowest BCUT2D eigenvalue weighted by Crippen LogP contribution is -2.46. The van der Waals surface area contributed by atoms with Gasteiger partial charge in [0.2, 0.25) is 0 Å². The third kappa shape index (κ3) is 4.74. The average molecular weight is 489 g/mol. The molecule has 3 heterocycles. The predicted octanol–water partition coefficient (Wildman–Crippen LogP) is 5.05. The molecule has 1 aliphatic heterocycles. The van der Waals surface area contributed by atoms with E-state index in [9.17, 15) is 9.59 Å². The van der Waals surface area contributed by atoms with Crippen molar-refractivity contribution < 1.29 is 9.59 Å². The normalized spacial score (nSPS) is 23.4. The van der Waals surface area contributed by atoms with E-state index >= 15 is 0 Å². The number of hydrogen-bond donors (Lipinski definition) is 1. The van der Waals surface area contributed by atoms with Gasteiger partial charge in [-0.2, -0.15) is 0 Å². The molecule has 1 aliphatic carbocycles. The maximum Gasteiger partial charge on any atom is 0.274 e. The highest BCUT2D eigenvalue weighted by Gasteiger charge is 2.48. The van der Waals surface area contributed by atoms with Crippen molar-refractivity contribution in [3.8, 4) is 10.4 Å². The largest absolute Gasteiger partial charge is 0.350 e. The minimum absolute atomic E-state index is 0.0237. The molecule has 0 radical (unpaired) electrons. The summed E-state index contributed by atoms with van der Waals surface area (Å²) in [4.78, 5) is 38.6. The number of benzene rings is 1. The Bertz CT molecular complexity index is 1270. The molecular formula is C28H32N4O2S. The molecule has 2 aromatic heterocycles. The van der Waals surface area contributed by atoms with Gasteiger partial charge in [-0.3, -0.25) is 14.6 Å². The molecule has 0 spiro atoms. The smallest absolute Gasteiger partial charge is 0.274 e. The zero-order chi connectivity index (χ0) is 24.7. The molecule has 2 amide bonds. The molecule has 35 heavy (non-hydrogen) atoms. The Balaban J connectivity index is 1.41. The third-order valence-electron chi connectivity index (χ3n) is 7.40. The topological polar surface area (TPSA) is 75.2 Å². The van der Waals surface area contributed by atoms with E-state index < -0.39 is 0 Å². The lowest BCUT2D eigenvalue weighted by molar-refractivity contribution is 0.0692. The molecular weight excluding hydrogens is 456 g/mol. The van der Waals surface area contributed by atoms with Crippen LogP contribution < -0.4 is 5.32 Å². The third-order valence-corrected chi connectivity index (χ3v) is 8.42. The van der Waals surface area contributed by atoms with Gasteiger partial charge in [-0.1, -0.05) is 36.8 Å². The van der Waals surface area contributed by atoms with Gasteiger partial charge in [0.1, 0.15) is 5.69 Å². The highest BCUT2D eigenvalue weighted by molar-refractivity contribution is 7.15. The lowest BCUT2D eigenvalue weighted by Gasteiger charge is -2.28. The first-order chi connectivity index (χ1) is 16.8. The molecule has 1 saturated carbocycles. The molecule has 6 nitrogen and oxygen atoms in total. The molecule has 0 bridgehead atoms. The molecule has 4 atom stereocenters. The molecule has 1 unspecified atom stereocenters.